The normalized spacial score (nSPS) is 10.4. The maximum Gasteiger partial charge on any atom is 0.0656 e. The Balaban J connectivity index is 2.39. The summed E-state index contributed by atoms with van der Waals surface area (Å²) in [5.74, 6) is 0. The number of aromatic nitrogens is 2. The Morgan fingerprint density at radius 2 is 2.21 bits per heavy atom. The predicted octanol–water partition coefficient (Wildman–Crippen LogP) is 3.20. The molecule has 0 atom stereocenters. The lowest BCUT2D eigenvalue weighted by molar-refractivity contribution is 0.841. The van der Waals surface area contributed by atoms with Crippen molar-refractivity contribution in [2.45, 2.75) is 13.3 Å². The van der Waals surface area contributed by atoms with Crippen molar-refractivity contribution in [3.63, 3.8) is 0 Å². The molecule has 1 aromatic carbocycles. The third kappa shape index (κ3) is 1.87. The standard InChI is InChI=1S/C11H11BrN2/c1-2-10-6-7-14(13-10)11-5-3-4-9(12)8-11/h3-8H,2H2,1H3. The second kappa shape index (κ2) is 3.96. The number of hydrogen-bond donors (Lipinski definition) is 0. The van der Waals surface area contributed by atoms with E-state index in [1.165, 1.54) is 0 Å². The zero-order valence-electron chi connectivity index (χ0n) is 7.94. The lowest BCUT2D eigenvalue weighted by Crippen LogP contribution is -1.95. The van der Waals surface area contributed by atoms with Crippen LogP contribution < -0.4 is 0 Å². The molecule has 0 bridgehead atoms. The Bertz CT molecular complexity index is 434. The highest BCUT2D eigenvalue weighted by Gasteiger charge is 1.99. The van der Waals surface area contributed by atoms with Crippen LogP contribution in [0.3, 0.4) is 0 Å². The lowest BCUT2D eigenvalue weighted by Gasteiger charge is -2.00. The summed E-state index contributed by atoms with van der Waals surface area (Å²) in [7, 11) is 0. The first-order chi connectivity index (χ1) is 6.79. The second-order valence-electron chi connectivity index (χ2n) is 3.09. The van der Waals surface area contributed by atoms with Gasteiger partial charge in [0.2, 0.25) is 0 Å². The third-order valence-electron chi connectivity index (χ3n) is 2.08. The van der Waals surface area contributed by atoms with Gasteiger partial charge in [-0.05, 0) is 30.7 Å². The summed E-state index contributed by atoms with van der Waals surface area (Å²) in [5, 5.41) is 4.44. The number of hydrogen-bond acceptors (Lipinski definition) is 1. The largest absolute Gasteiger partial charge is 0.241 e. The Kier molecular flexibility index (Phi) is 2.68. The van der Waals surface area contributed by atoms with Gasteiger partial charge in [-0.1, -0.05) is 28.9 Å². The minimum Gasteiger partial charge on any atom is -0.241 e. The summed E-state index contributed by atoms with van der Waals surface area (Å²) in [6.45, 7) is 2.10. The smallest absolute Gasteiger partial charge is 0.0656 e. The fourth-order valence-electron chi connectivity index (χ4n) is 1.31. The minimum atomic E-state index is 0.973. The molecule has 0 unspecified atom stereocenters. The Hall–Kier alpha value is -1.09. The Morgan fingerprint density at radius 3 is 2.86 bits per heavy atom. The fourth-order valence-corrected chi connectivity index (χ4v) is 1.70. The number of halogens is 1. The molecule has 0 fully saturated rings. The van der Waals surface area contributed by atoms with Crippen LogP contribution in [0.4, 0.5) is 0 Å². The van der Waals surface area contributed by atoms with Crippen molar-refractivity contribution in [1.82, 2.24) is 9.78 Å². The van der Waals surface area contributed by atoms with Crippen molar-refractivity contribution in [2.75, 3.05) is 0 Å². The van der Waals surface area contributed by atoms with E-state index in [1.54, 1.807) is 0 Å². The van der Waals surface area contributed by atoms with E-state index in [-0.39, 0.29) is 0 Å². The molecule has 0 saturated carbocycles. The van der Waals surface area contributed by atoms with Gasteiger partial charge < -0.3 is 0 Å². The second-order valence-corrected chi connectivity index (χ2v) is 4.00. The van der Waals surface area contributed by atoms with E-state index in [0.29, 0.717) is 0 Å². The van der Waals surface area contributed by atoms with Crippen LogP contribution in [-0.4, -0.2) is 9.78 Å². The molecule has 0 spiro atoms. The van der Waals surface area contributed by atoms with Crippen LogP contribution in [0, 0.1) is 0 Å². The van der Waals surface area contributed by atoms with Crippen LogP contribution in [0.5, 0.6) is 0 Å². The van der Waals surface area contributed by atoms with Crippen molar-refractivity contribution in [2.24, 2.45) is 0 Å². The van der Waals surface area contributed by atoms with Gasteiger partial charge in [-0.3, -0.25) is 0 Å². The molecule has 72 valence electrons. The van der Waals surface area contributed by atoms with Gasteiger partial charge in [-0.25, -0.2) is 4.68 Å². The van der Waals surface area contributed by atoms with Gasteiger partial charge in [0.1, 0.15) is 0 Å². The van der Waals surface area contributed by atoms with Gasteiger partial charge in [0.25, 0.3) is 0 Å². The number of nitrogens with zero attached hydrogens (tertiary/aromatic N) is 2. The van der Waals surface area contributed by atoms with Crippen LogP contribution in [0.2, 0.25) is 0 Å². The van der Waals surface area contributed by atoms with Crippen LogP contribution >= 0.6 is 15.9 Å². The van der Waals surface area contributed by atoms with E-state index in [2.05, 4.69) is 28.0 Å². The molecule has 2 aromatic rings. The molecule has 14 heavy (non-hydrogen) atoms. The first kappa shape index (κ1) is 9.46. The average Bonchev–Trinajstić information content (AvgIpc) is 2.66. The van der Waals surface area contributed by atoms with Crippen molar-refractivity contribution < 1.29 is 0 Å². The highest BCUT2D eigenvalue weighted by molar-refractivity contribution is 9.10. The minimum absolute atomic E-state index is 0.973. The average molecular weight is 251 g/mol. The SMILES string of the molecule is CCc1ccn(-c2cccc(Br)c2)n1. The van der Waals surface area contributed by atoms with Gasteiger partial charge >= 0.3 is 0 Å². The van der Waals surface area contributed by atoms with Gasteiger partial charge in [0, 0.05) is 10.7 Å². The summed E-state index contributed by atoms with van der Waals surface area (Å²) in [6, 6.07) is 10.1. The molecule has 1 aromatic heterocycles. The van der Waals surface area contributed by atoms with Crippen LogP contribution in [-0.2, 0) is 6.42 Å². The van der Waals surface area contributed by atoms with Crippen LogP contribution in [0.15, 0.2) is 41.0 Å². The molecule has 0 aliphatic heterocycles. The first-order valence-electron chi connectivity index (χ1n) is 4.60. The van der Waals surface area contributed by atoms with Crippen LogP contribution in [0.1, 0.15) is 12.6 Å². The summed E-state index contributed by atoms with van der Waals surface area (Å²) in [4.78, 5) is 0. The third-order valence-corrected chi connectivity index (χ3v) is 2.57. The molecular weight excluding hydrogens is 240 g/mol. The predicted molar refractivity (Wildman–Crippen MR) is 60.6 cm³/mol. The van der Waals surface area contributed by atoms with Crippen molar-refractivity contribution in [3.8, 4) is 5.69 Å². The van der Waals surface area contributed by atoms with E-state index in [4.69, 9.17) is 0 Å². The molecule has 2 nitrogen and oxygen atoms in total. The highest BCUT2D eigenvalue weighted by Crippen LogP contribution is 2.14. The maximum atomic E-state index is 4.44. The molecular formula is C11H11BrN2. The zero-order valence-corrected chi connectivity index (χ0v) is 9.53. The molecule has 0 amide bonds. The zero-order chi connectivity index (χ0) is 9.97. The lowest BCUT2D eigenvalue weighted by atomic mass is 10.3. The van der Waals surface area contributed by atoms with Crippen molar-refractivity contribution >= 4 is 15.9 Å². The van der Waals surface area contributed by atoms with Gasteiger partial charge in [0.05, 0.1) is 11.4 Å². The molecule has 2 rings (SSSR count). The Morgan fingerprint density at radius 1 is 1.36 bits per heavy atom. The summed E-state index contributed by atoms with van der Waals surface area (Å²) < 4.78 is 2.97. The van der Waals surface area contributed by atoms with Crippen molar-refractivity contribution in [3.05, 3.63) is 46.7 Å². The monoisotopic (exact) mass is 250 g/mol. The fraction of sp³-hybridized carbons (Fsp3) is 0.182. The molecule has 0 N–H and O–H groups in total. The van der Waals surface area contributed by atoms with Crippen molar-refractivity contribution in [1.29, 1.82) is 0 Å². The summed E-state index contributed by atoms with van der Waals surface area (Å²) >= 11 is 3.44. The van der Waals surface area contributed by atoms with E-state index in [1.807, 2.05) is 41.2 Å². The Labute approximate surface area is 91.7 Å². The summed E-state index contributed by atoms with van der Waals surface area (Å²) in [6.07, 6.45) is 2.96. The van der Waals surface area contributed by atoms with Gasteiger partial charge in [-0.15, -0.1) is 0 Å². The highest BCUT2D eigenvalue weighted by atomic mass is 79.9. The van der Waals surface area contributed by atoms with Crippen LogP contribution in [0.25, 0.3) is 5.69 Å². The first-order valence-corrected chi connectivity index (χ1v) is 5.39. The summed E-state index contributed by atoms with van der Waals surface area (Å²) in [5.41, 5.74) is 2.20. The molecule has 0 saturated heterocycles. The topological polar surface area (TPSA) is 17.8 Å². The molecule has 3 heteroatoms. The number of rotatable bonds is 2. The van der Waals surface area contributed by atoms with E-state index >= 15 is 0 Å². The maximum absolute atomic E-state index is 4.44. The molecule has 1 heterocycles. The van der Waals surface area contributed by atoms with Gasteiger partial charge in [0.15, 0.2) is 0 Å². The van der Waals surface area contributed by atoms with E-state index in [9.17, 15) is 0 Å². The number of benzene rings is 1. The van der Waals surface area contributed by atoms with Gasteiger partial charge in [-0.2, -0.15) is 5.10 Å². The number of aryl methyl sites for hydroxylation is 1. The molecule has 0 aliphatic carbocycles. The van der Waals surface area contributed by atoms with E-state index in [0.717, 1.165) is 22.3 Å². The molecule has 0 radical (unpaired) electrons. The quantitative estimate of drug-likeness (QED) is 0.801. The molecule has 0 aliphatic rings. The van der Waals surface area contributed by atoms with E-state index < -0.39 is 0 Å².